The molecule has 88 valence electrons. The van der Waals surface area contributed by atoms with Crippen LogP contribution in [0.25, 0.3) is 0 Å². The average molecular weight is 247 g/mol. The maximum atomic E-state index is 11.2. The first-order chi connectivity index (χ1) is 8.29. The van der Waals surface area contributed by atoms with Crippen molar-refractivity contribution in [2.45, 2.75) is 6.54 Å². The quantitative estimate of drug-likeness (QED) is 0.439. The second-order valence-electron chi connectivity index (χ2n) is 3.48. The van der Waals surface area contributed by atoms with Crippen LogP contribution in [0.2, 0.25) is 0 Å². The molecule has 2 aromatic rings. The number of anilines is 1. The molecule has 0 aliphatic carbocycles. The first kappa shape index (κ1) is 11.6. The molecule has 0 bridgehead atoms. The number of nitrogen functional groups attached to an aromatic ring is 1. The van der Waals surface area contributed by atoms with Crippen molar-refractivity contribution in [2.24, 2.45) is 5.84 Å². The van der Waals surface area contributed by atoms with Crippen LogP contribution in [-0.2, 0) is 6.54 Å². The van der Waals surface area contributed by atoms with Crippen molar-refractivity contribution >= 4 is 22.2 Å². The molecule has 0 radical (unpaired) electrons. The average Bonchev–Trinajstić information content (AvgIpc) is 2.85. The number of carbonyl (C=O) groups is 1. The molecule has 0 atom stereocenters. The van der Waals surface area contributed by atoms with Crippen LogP contribution < -0.4 is 16.6 Å². The maximum absolute atomic E-state index is 11.2. The van der Waals surface area contributed by atoms with Crippen LogP contribution in [0.5, 0.6) is 0 Å². The first-order valence-electron chi connectivity index (χ1n) is 5.18. The van der Waals surface area contributed by atoms with Crippen molar-refractivity contribution in [3.05, 3.63) is 52.9 Å². The van der Waals surface area contributed by atoms with E-state index in [0.717, 1.165) is 11.5 Å². The lowest BCUT2D eigenvalue weighted by molar-refractivity contribution is 0.0957. The monoisotopic (exact) mass is 247 g/mol. The zero-order valence-corrected chi connectivity index (χ0v) is 9.96. The van der Waals surface area contributed by atoms with Gasteiger partial charge in [-0.2, -0.15) is 0 Å². The number of hydrogen-bond donors (Lipinski definition) is 3. The summed E-state index contributed by atoms with van der Waals surface area (Å²) in [6, 6.07) is 13.7. The third kappa shape index (κ3) is 3.05. The van der Waals surface area contributed by atoms with Crippen molar-refractivity contribution < 1.29 is 4.79 Å². The number of carbonyl (C=O) groups excluding carboxylic acids is 1. The minimum atomic E-state index is -0.261. The predicted molar refractivity (Wildman–Crippen MR) is 69.7 cm³/mol. The summed E-state index contributed by atoms with van der Waals surface area (Å²) in [6.07, 6.45) is 0. The molecule has 0 saturated heterocycles. The molecular weight excluding hydrogens is 234 g/mol. The molecule has 0 aliphatic heterocycles. The van der Waals surface area contributed by atoms with Gasteiger partial charge in [0, 0.05) is 6.54 Å². The molecule has 1 aromatic heterocycles. The van der Waals surface area contributed by atoms with Gasteiger partial charge in [0.15, 0.2) is 0 Å². The lowest BCUT2D eigenvalue weighted by Crippen LogP contribution is -2.29. The van der Waals surface area contributed by atoms with Gasteiger partial charge < -0.3 is 5.32 Å². The fourth-order valence-corrected chi connectivity index (χ4v) is 2.22. The zero-order valence-electron chi connectivity index (χ0n) is 9.14. The Bertz CT molecular complexity index is 495. The third-order valence-electron chi connectivity index (χ3n) is 2.27. The Morgan fingerprint density at radius 1 is 1.18 bits per heavy atom. The van der Waals surface area contributed by atoms with Crippen LogP contribution in [0, 0.1) is 0 Å². The highest BCUT2D eigenvalue weighted by molar-refractivity contribution is 7.17. The standard InChI is InChI=1S/C12H13N3OS/c13-15-12(16)10-6-7-11(17-10)14-8-9-4-2-1-3-5-9/h1-7,14H,8,13H2,(H,15,16). The second-order valence-corrected chi connectivity index (χ2v) is 4.56. The Hall–Kier alpha value is -1.85. The van der Waals surface area contributed by atoms with Gasteiger partial charge in [-0.3, -0.25) is 10.2 Å². The molecule has 1 aromatic carbocycles. The van der Waals surface area contributed by atoms with Crippen molar-refractivity contribution in [3.8, 4) is 0 Å². The van der Waals surface area contributed by atoms with E-state index in [-0.39, 0.29) is 5.91 Å². The summed E-state index contributed by atoms with van der Waals surface area (Å²) >= 11 is 1.38. The number of rotatable bonds is 4. The SMILES string of the molecule is NNC(=O)c1ccc(NCc2ccccc2)s1. The fourth-order valence-electron chi connectivity index (χ4n) is 1.41. The van der Waals surface area contributed by atoms with E-state index in [1.165, 1.54) is 16.9 Å². The van der Waals surface area contributed by atoms with Crippen molar-refractivity contribution in [2.75, 3.05) is 5.32 Å². The van der Waals surface area contributed by atoms with Gasteiger partial charge in [-0.05, 0) is 17.7 Å². The minimum absolute atomic E-state index is 0.261. The Labute approximate surface area is 103 Å². The van der Waals surface area contributed by atoms with E-state index in [0.29, 0.717) is 4.88 Å². The van der Waals surface area contributed by atoms with Crippen molar-refractivity contribution in [1.82, 2.24) is 5.43 Å². The number of hydrazine groups is 1. The highest BCUT2D eigenvalue weighted by Gasteiger charge is 2.06. The summed E-state index contributed by atoms with van der Waals surface area (Å²) in [4.78, 5) is 11.8. The smallest absolute Gasteiger partial charge is 0.275 e. The topological polar surface area (TPSA) is 67.1 Å². The normalized spacial score (nSPS) is 9.94. The number of hydrogen-bond acceptors (Lipinski definition) is 4. The maximum Gasteiger partial charge on any atom is 0.275 e. The highest BCUT2D eigenvalue weighted by atomic mass is 32.1. The van der Waals surface area contributed by atoms with Crippen LogP contribution in [0.3, 0.4) is 0 Å². The molecule has 17 heavy (non-hydrogen) atoms. The van der Waals surface area contributed by atoms with E-state index < -0.39 is 0 Å². The van der Waals surface area contributed by atoms with Gasteiger partial charge in [-0.15, -0.1) is 11.3 Å². The zero-order chi connectivity index (χ0) is 12.1. The van der Waals surface area contributed by atoms with Gasteiger partial charge in [-0.25, -0.2) is 5.84 Å². The number of nitrogens with two attached hydrogens (primary N) is 1. The van der Waals surface area contributed by atoms with E-state index in [1.54, 1.807) is 6.07 Å². The van der Waals surface area contributed by atoms with Gasteiger partial charge >= 0.3 is 0 Å². The Morgan fingerprint density at radius 3 is 2.65 bits per heavy atom. The molecule has 4 nitrogen and oxygen atoms in total. The molecule has 2 rings (SSSR count). The molecule has 4 N–H and O–H groups in total. The molecule has 0 spiro atoms. The molecule has 5 heteroatoms. The first-order valence-corrected chi connectivity index (χ1v) is 6.00. The number of nitrogens with one attached hydrogen (secondary N) is 2. The van der Waals surface area contributed by atoms with Crippen LogP contribution in [0.1, 0.15) is 15.2 Å². The van der Waals surface area contributed by atoms with Gasteiger partial charge in [-0.1, -0.05) is 30.3 Å². The van der Waals surface area contributed by atoms with Crippen LogP contribution in [0.4, 0.5) is 5.00 Å². The molecule has 1 heterocycles. The van der Waals surface area contributed by atoms with Gasteiger partial charge in [0.25, 0.3) is 5.91 Å². The number of thiophene rings is 1. The fraction of sp³-hybridized carbons (Fsp3) is 0.0833. The molecule has 0 aliphatic rings. The van der Waals surface area contributed by atoms with E-state index >= 15 is 0 Å². The van der Waals surface area contributed by atoms with Crippen LogP contribution in [-0.4, -0.2) is 5.91 Å². The highest BCUT2D eigenvalue weighted by Crippen LogP contribution is 2.22. The van der Waals surface area contributed by atoms with Gasteiger partial charge in [0.2, 0.25) is 0 Å². The van der Waals surface area contributed by atoms with Crippen molar-refractivity contribution in [3.63, 3.8) is 0 Å². The summed E-state index contributed by atoms with van der Waals surface area (Å²) in [5, 5.41) is 4.21. The molecule has 0 unspecified atom stereocenters. The Kier molecular flexibility index (Phi) is 3.74. The van der Waals surface area contributed by atoms with Crippen LogP contribution in [0.15, 0.2) is 42.5 Å². The predicted octanol–water partition coefficient (Wildman–Crippen LogP) is 1.96. The lowest BCUT2D eigenvalue weighted by atomic mass is 10.2. The summed E-state index contributed by atoms with van der Waals surface area (Å²) in [5.41, 5.74) is 3.31. The third-order valence-corrected chi connectivity index (χ3v) is 3.31. The molecule has 1 amide bonds. The molecule has 0 saturated carbocycles. The summed E-state index contributed by atoms with van der Waals surface area (Å²) in [5.74, 6) is 4.80. The lowest BCUT2D eigenvalue weighted by Gasteiger charge is -2.02. The van der Waals surface area contributed by atoms with Crippen molar-refractivity contribution in [1.29, 1.82) is 0 Å². The van der Waals surface area contributed by atoms with Crippen LogP contribution >= 0.6 is 11.3 Å². The Balaban J connectivity index is 1.96. The molecular formula is C12H13N3OS. The Morgan fingerprint density at radius 2 is 1.94 bits per heavy atom. The van der Waals surface area contributed by atoms with E-state index in [1.807, 2.05) is 36.4 Å². The van der Waals surface area contributed by atoms with E-state index in [9.17, 15) is 4.79 Å². The van der Waals surface area contributed by atoms with E-state index in [4.69, 9.17) is 5.84 Å². The number of amides is 1. The van der Waals surface area contributed by atoms with Gasteiger partial charge in [0.1, 0.15) is 0 Å². The minimum Gasteiger partial charge on any atom is -0.373 e. The second kappa shape index (κ2) is 5.47. The largest absolute Gasteiger partial charge is 0.373 e. The molecule has 0 fully saturated rings. The number of benzene rings is 1. The summed E-state index contributed by atoms with van der Waals surface area (Å²) in [7, 11) is 0. The summed E-state index contributed by atoms with van der Waals surface area (Å²) in [6.45, 7) is 0.741. The van der Waals surface area contributed by atoms with E-state index in [2.05, 4.69) is 10.7 Å². The summed E-state index contributed by atoms with van der Waals surface area (Å²) < 4.78 is 0. The van der Waals surface area contributed by atoms with Gasteiger partial charge in [0.05, 0.1) is 9.88 Å².